The van der Waals surface area contributed by atoms with Crippen LogP contribution < -0.4 is 4.74 Å². The van der Waals surface area contributed by atoms with Crippen molar-refractivity contribution >= 4 is 0 Å². The molecule has 0 saturated carbocycles. The van der Waals surface area contributed by atoms with E-state index in [2.05, 4.69) is 11.1 Å². The van der Waals surface area contributed by atoms with Gasteiger partial charge in [-0.2, -0.15) is 18.4 Å². The van der Waals surface area contributed by atoms with Crippen molar-refractivity contribution in [2.45, 2.75) is 19.0 Å². The van der Waals surface area contributed by atoms with Gasteiger partial charge < -0.3 is 4.74 Å². The molecule has 0 radical (unpaired) electrons. The third-order valence-corrected chi connectivity index (χ3v) is 3.27. The lowest BCUT2D eigenvalue weighted by molar-refractivity contribution is -0.141. The number of nitrogens with zero attached hydrogens (tertiary/aromatic N) is 2. The second-order valence-corrected chi connectivity index (χ2v) is 4.71. The largest absolute Gasteiger partial charge is 0.496 e. The van der Waals surface area contributed by atoms with E-state index in [1.165, 1.54) is 13.2 Å². The highest BCUT2D eigenvalue weighted by Crippen LogP contribution is 2.38. The van der Waals surface area contributed by atoms with Gasteiger partial charge in [-0.1, -0.05) is 18.2 Å². The molecule has 6 heteroatoms. The monoisotopic (exact) mass is 306 g/mol. The van der Waals surface area contributed by atoms with Crippen molar-refractivity contribution in [2.75, 3.05) is 7.11 Å². The standard InChI is InChI=1S/C16H13F3N2O/c1-10(9-20)12-4-3-5-13(15(12)22-2)11-6-7-21-14(8-11)16(17,18)19/h3-8,10H,1-2H3. The summed E-state index contributed by atoms with van der Waals surface area (Å²) >= 11 is 0. The SMILES string of the molecule is COc1c(-c2ccnc(C(F)(F)F)c2)cccc1C(C)C#N. The van der Waals surface area contributed by atoms with Crippen LogP contribution in [0.3, 0.4) is 0 Å². The van der Waals surface area contributed by atoms with E-state index in [-0.39, 0.29) is 0 Å². The van der Waals surface area contributed by atoms with Crippen LogP contribution in [-0.4, -0.2) is 12.1 Å². The number of pyridine rings is 1. The summed E-state index contributed by atoms with van der Waals surface area (Å²) in [6.07, 6.45) is -3.40. The summed E-state index contributed by atoms with van der Waals surface area (Å²) < 4.78 is 43.7. The summed E-state index contributed by atoms with van der Waals surface area (Å²) in [7, 11) is 1.43. The Morgan fingerprint density at radius 3 is 2.59 bits per heavy atom. The summed E-state index contributed by atoms with van der Waals surface area (Å²) in [5, 5.41) is 9.06. The Morgan fingerprint density at radius 1 is 1.27 bits per heavy atom. The number of aromatic nitrogens is 1. The summed E-state index contributed by atoms with van der Waals surface area (Å²) in [6.45, 7) is 1.70. The minimum Gasteiger partial charge on any atom is -0.496 e. The van der Waals surface area contributed by atoms with Crippen LogP contribution in [0.5, 0.6) is 5.75 Å². The van der Waals surface area contributed by atoms with E-state index in [1.807, 2.05) is 0 Å². The molecule has 0 fully saturated rings. The van der Waals surface area contributed by atoms with Gasteiger partial charge in [0.1, 0.15) is 11.4 Å². The smallest absolute Gasteiger partial charge is 0.433 e. The molecule has 1 aromatic carbocycles. The Bertz CT molecular complexity index is 720. The number of benzene rings is 1. The molecule has 0 spiro atoms. The molecule has 0 aliphatic carbocycles. The number of ether oxygens (including phenoxy) is 1. The van der Waals surface area contributed by atoms with Gasteiger partial charge in [-0.15, -0.1) is 0 Å². The number of hydrogen-bond donors (Lipinski definition) is 0. The van der Waals surface area contributed by atoms with Crippen LogP contribution in [0, 0.1) is 11.3 Å². The second kappa shape index (κ2) is 6.06. The molecule has 2 aromatic rings. The molecule has 0 aliphatic heterocycles. The highest BCUT2D eigenvalue weighted by Gasteiger charge is 2.32. The molecule has 1 atom stereocenters. The van der Waals surface area contributed by atoms with Crippen LogP contribution in [0.15, 0.2) is 36.5 Å². The fourth-order valence-electron chi connectivity index (χ4n) is 2.17. The lowest BCUT2D eigenvalue weighted by atomic mass is 9.95. The van der Waals surface area contributed by atoms with E-state index in [0.29, 0.717) is 22.4 Å². The highest BCUT2D eigenvalue weighted by molar-refractivity contribution is 5.73. The Labute approximate surface area is 126 Å². The number of hydrogen-bond acceptors (Lipinski definition) is 3. The molecular weight excluding hydrogens is 293 g/mol. The molecule has 1 heterocycles. The van der Waals surface area contributed by atoms with Gasteiger partial charge in [0.25, 0.3) is 0 Å². The van der Waals surface area contributed by atoms with Gasteiger partial charge in [-0.3, -0.25) is 4.98 Å². The van der Waals surface area contributed by atoms with E-state index < -0.39 is 17.8 Å². The molecule has 0 aliphatic rings. The van der Waals surface area contributed by atoms with E-state index in [4.69, 9.17) is 10.00 Å². The lowest BCUT2D eigenvalue weighted by Gasteiger charge is -2.15. The minimum atomic E-state index is -4.51. The maximum Gasteiger partial charge on any atom is 0.433 e. The van der Waals surface area contributed by atoms with E-state index in [1.54, 1.807) is 25.1 Å². The van der Waals surface area contributed by atoms with Gasteiger partial charge in [-0.25, -0.2) is 0 Å². The molecule has 22 heavy (non-hydrogen) atoms. The minimum absolute atomic E-state index is 0.339. The van der Waals surface area contributed by atoms with Gasteiger partial charge in [0.15, 0.2) is 0 Å². The van der Waals surface area contributed by atoms with Crippen molar-refractivity contribution in [2.24, 2.45) is 0 Å². The molecule has 0 saturated heterocycles. The molecule has 0 N–H and O–H groups in total. The zero-order valence-corrected chi connectivity index (χ0v) is 12.0. The zero-order chi connectivity index (χ0) is 16.3. The Balaban J connectivity index is 2.61. The first-order chi connectivity index (χ1) is 10.4. The van der Waals surface area contributed by atoms with Crippen LogP contribution >= 0.6 is 0 Å². The molecule has 1 unspecified atom stereocenters. The molecule has 3 nitrogen and oxygen atoms in total. The third-order valence-electron chi connectivity index (χ3n) is 3.27. The average Bonchev–Trinajstić information content (AvgIpc) is 2.52. The molecular formula is C16H13F3N2O. The van der Waals surface area contributed by atoms with Crippen molar-refractivity contribution in [1.29, 1.82) is 5.26 Å². The number of rotatable bonds is 3. The molecule has 0 amide bonds. The van der Waals surface area contributed by atoms with Crippen molar-refractivity contribution in [3.8, 4) is 22.9 Å². The maximum atomic E-state index is 12.8. The van der Waals surface area contributed by atoms with Crippen molar-refractivity contribution in [3.05, 3.63) is 47.8 Å². The maximum absolute atomic E-state index is 12.8. The predicted molar refractivity (Wildman–Crippen MR) is 75.3 cm³/mol. The van der Waals surface area contributed by atoms with E-state index in [0.717, 1.165) is 12.3 Å². The highest BCUT2D eigenvalue weighted by atomic mass is 19.4. The number of para-hydroxylation sites is 1. The molecule has 114 valence electrons. The Kier molecular flexibility index (Phi) is 4.36. The normalized spacial score (nSPS) is 12.5. The van der Waals surface area contributed by atoms with E-state index >= 15 is 0 Å². The fraction of sp³-hybridized carbons (Fsp3) is 0.250. The lowest BCUT2D eigenvalue weighted by Crippen LogP contribution is -2.07. The summed E-state index contributed by atoms with van der Waals surface area (Å²) in [4.78, 5) is 3.35. The third kappa shape index (κ3) is 3.03. The van der Waals surface area contributed by atoms with Crippen LogP contribution in [-0.2, 0) is 6.18 Å². The summed E-state index contributed by atoms with van der Waals surface area (Å²) in [5.41, 5.74) is 0.500. The number of alkyl halides is 3. The van der Waals surface area contributed by atoms with Gasteiger partial charge in [0.05, 0.1) is 19.1 Å². The van der Waals surface area contributed by atoms with Crippen LogP contribution in [0.25, 0.3) is 11.1 Å². The first-order valence-electron chi connectivity index (χ1n) is 6.48. The predicted octanol–water partition coefficient (Wildman–Crippen LogP) is 4.40. The van der Waals surface area contributed by atoms with Crippen LogP contribution in [0.4, 0.5) is 13.2 Å². The van der Waals surface area contributed by atoms with Crippen molar-refractivity contribution < 1.29 is 17.9 Å². The number of methoxy groups -OCH3 is 1. The van der Waals surface area contributed by atoms with Gasteiger partial charge in [0.2, 0.25) is 0 Å². The zero-order valence-electron chi connectivity index (χ0n) is 12.0. The van der Waals surface area contributed by atoms with E-state index in [9.17, 15) is 13.2 Å². The van der Waals surface area contributed by atoms with Crippen molar-refractivity contribution in [3.63, 3.8) is 0 Å². The van der Waals surface area contributed by atoms with Gasteiger partial charge in [0, 0.05) is 17.3 Å². The van der Waals surface area contributed by atoms with Gasteiger partial charge in [-0.05, 0) is 24.6 Å². The first kappa shape index (κ1) is 15.8. The molecule has 1 aromatic heterocycles. The topological polar surface area (TPSA) is 45.9 Å². The molecule has 0 bridgehead atoms. The Morgan fingerprint density at radius 2 is 2.00 bits per heavy atom. The summed E-state index contributed by atoms with van der Waals surface area (Å²) in [6, 6.07) is 9.62. The average molecular weight is 306 g/mol. The number of halogens is 3. The fourth-order valence-corrected chi connectivity index (χ4v) is 2.17. The second-order valence-electron chi connectivity index (χ2n) is 4.71. The Hall–Kier alpha value is -2.55. The molecule has 2 rings (SSSR count). The van der Waals surface area contributed by atoms with Gasteiger partial charge >= 0.3 is 6.18 Å². The quantitative estimate of drug-likeness (QED) is 0.844. The van der Waals surface area contributed by atoms with Crippen LogP contribution in [0.1, 0.15) is 24.1 Å². The first-order valence-corrected chi connectivity index (χ1v) is 6.48. The van der Waals surface area contributed by atoms with Crippen LogP contribution in [0.2, 0.25) is 0 Å². The number of nitriles is 1. The summed E-state index contributed by atoms with van der Waals surface area (Å²) in [5.74, 6) is -0.0327. The van der Waals surface area contributed by atoms with Crippen molar-refractivity contribution in [1.82, 2.24) is 4.98 Å².